The Hall–Kier alpha value is -0.810. The first-order chi connectivity index (χ1) is 4.72. The maximum atomic E-state index is 10.3. The van der Waals surface area contributed by atoms with Crippen LogP contribution >= 0.6 is 24.8 Å². The Kier molecular flexibility index (Phi) is 6.64. The summed E-state index contributed by atoms with van der Waals surface area (Å²) in [4.78, 5) is 14.0. The minimum Gasteiger partial charge on any atom is -0.481 e. The van der Waals surface area contributed by atoms with E-state index in [1.807, 2.05) is 0 Å². The van der Waals surface area contributed by atoms with E-state index in [0.29, 0.717) is 5.82 Å². The van der Waals surface area contributed by atoms with Crippen molar-refractivity contribution < 1.29 is 9.90 Å². The molecule has 0 amide bonds. The number of aromatic amines is 1. The summed E-state index contributed by atoms with van der Waals surface area (Å²) in [5.74, 6) is -1.13. The first-order valence-corrected chi connectivity index (χ1v) is 2.80. The third-order valence-corrected chi connectivity index (χ3v) is 1.21. The van der Waals surface area contributed by atoms with E-state index in [0.717, 1.165) is 0 Å². The molecule has 0 aliphatic rings. The maximum Gasteiger partial charge on any atom is 0.313 e. The molecule has 0 aromatic carbocycles. The van der Waals surface area contributed by atoms with E-state index in [9.17, 15) is 4.79 Å². The van der Waals surface area contributed by atoms with E-state index in [-0.39, 0.29) is 24.8 Å². The van der Waals surface area contributed by atoms with Crippen molar-refractivity contribution in [1.29, 1.82) is 0 Å². The fraction of sp³-hybridized carbons (Fsp3) is 0.400. The summed E-state index contributed by atoms with van der Waals surface area (Å²) in [5.41, 5.74) is 0. The second-order valence-corrected chi connectivity index (χ2v) is 1.93. The highest BCUT2D eigenvalue weighted by Gasteiger charge is 2.15. The summed E-state index contributed by atoms with van der Waals surface area (Å²) in [5, 5.41) is 14.5. The number of aromatic nitrogens is 3. The predicted molar refractivity (Wildman–Crippen MR) is 46.9 cm³/mol. The second kappa shape index (κ2) is 5.79. The van der Waals surface area contributed by atoms with Crippen LogP contribution in [-0.4, -0.2) is 26.3 Å². The van der Waals surface area contributed by atoms with Gasteiger partial charge in [0.25, 0.3) is 0 Å². The van der Waals surface area contributed by atoms with Crippen molar-refractivity contribution in [2.75, 3.05) is 0 Å². The monoisotopic (exact) mass is 213 g/mol. The molecule has 1 rings (SSSR count). The number of hydrogen-bond acceptors (Lipinski definition) is 3. The molecule has 1 aromatic heterocycles. The molecule has 0 bridgehead atoms. The van der Waals surface area contributed by atoms with Gasteiger partial charge in [0.05, 0.1) is 0 Å². The van der Waals surface area contributed by atoms with Crippen LogP contribution in [-0.2, 0) is 4.79 Å². The number of nitrogens with zero attached hydrogens (tertiary/aromatic N) is 2. The van der Waals surface area contributed by atoms with Gasteiger partial charge in [-0.25, -0.2) is 4.98 Å². The molecule has 2 N–H and O–H groups in total. The summed E-state index contributed by atoms with van der Waals surface area (Å²) in [6.45, 7) is 1.54. The maximum absolute atomic E-state index is 10.3. The van der Waals surface area contributed by atoms with Crippen molar-refractivity contribution >= 4 is 30.8 Å². The zero-order valence-electron chi connectivity index (χ0n) is 6.22. The third-order valence-electron chi connectivity index (χ3n) is 1.21. The molecule has 5 nitrogen and oxygen atoms in total. The minimum absolute atomic E-state index is 0. The fourth-order valence-electron chi connectivity index (χ4n) is 0.541. The summed E-state index contributed by atoms with van der Waals surface area (Å²) in [7, 11) is 0. The van der Waals surface area contributed by atoms with Crippen LogP contribution in [0.25, 0.3) is 0 Å². The van der Waals surface area contributed by atoms with Crippen molar-refractivity contribution in [3.8, 4) is 0 Å². The van der Waals surface area contributed by atoms with Gasteiger partial charge < -0.3 is 5.11 Å². The van der Waals surface area contributed by atoms with Crippen LogP contribution < -0.4 is 0 Å². The summed E-state index contributed by atoms with van der Waals surface area (Å²) in [6, 6.07) is 0. The molecule has 0 fully saturated rings. The van der Waals surface area contributed by atoms with E-state index in [1.54, 1.807) is 6.92 Å². The van der Waals surface area contributed by atoms with Gasteiger partial charge in [-0.3, -0.25) is 9.89 Å². The molecule has 0 aliphatic heterocycles. The van der Waals surface area contributed by atoms with E-state index in [2.05, 4.69) is 15.2 Å². The van der Waals surface area contributed by atoms with Crippen LogP contribution in [0.4, 0.5) is 0 Å². The van der Waals surface area contributed by atoms with E-state index in [1.165, 1.54) is 6.33 Å². The number of H-pyrrole nitrogens is 1. The normalized spacial score (nSPS) is 10.8. The molecule has 70 valence electrons. The highest BCUT2D eigenvalue weighted by atomic mass is 35.5. The number of aliphatic carboxylic acids is 1. The van der Waals surface area contributed by atoms with Gasteiger partial charge in [-0.2, -0.15) is 5.10 Å². The largest absolute Gasteiger partial charge is 0.481 e. The SMILES string of the molecule is CC(C(=O)O)c1ncn[nH]1.Cl.Cl. The Bertz CT molecular complexity index is 227. The molecule has 0 radical (unpaired) electrons. The molecule has 1 atom stereocenters. The van der Waals surface area contributed by atoms with Gasteiger partial charge in [-0.15, -0.1) is 24.8 Å². The average molecular weight is 214 g/mol. The Labute approximate surface area is 81.4 Å². The lowest BCUT2D eigenvalue weighted by Gasteiger charge is -1.97. The van der Waals surface area contributed by atoms with Gasteiger partial charge in [0.1, 0.15) is 18.1 Å². The Morgan fingerprint density at radius 2 is 2.25 bits per heavy atom. The van der Waals surface area contributed by atoms with Crippen molar-refractivity contribution in [3.05, 3.63) is 12.2 Å². The molecule has 12 heavy (non-hydrogen) atoms. The number of carboxylic acids is 1. The van der Waals surface area contributed by atoms with Crippen LogP contribution in [0, 0.1) is 0 Å². The molecule has 0 saturated heterocycles. The lowest BCUT2D eigenvalue weighted by molar-refractivity contribution is -0.138. The first-order valence-electron chi connectivity index (χ1n) is 2.80. The Morgan fingerprint density at radius 3 is 2.58 bits per heavy atom. The lowest BCUT2D eigenvalue weighted by Crippen LogP contribution is -2.08. The van der Waals surface area contributed by atoms with Crippen molar-refractivity contribution in [1.82, 2.24) is 15.2 Å². The number of halogens is 2. The predicted octanol–water partition coefficient (Wildman–Crippen LogP) is 0.836. The highest BCUT2D eigenvalue weighted by molar-refractivity contribution is 5.85. The lowest BCUT2D eigenvalue weighted by atomic mass is 10.2. The van der Waals surface area contributed by atoms with Crippen LogP contribution in [0.1, 0.15) is 18.7 Å². The van der Waals surface area contributed by atoms with E-state index < -0.39 is 11.9 Å². The standard InChI is InChI=1S/C5H7N3O2.2ClH/c1-3(5(9)10)4-6-2-7-8-4;;/h2-3H,1H3,(H,9,10)(H,6,7,8);2*1H. The number of hydrogen-bond donors (Lipinski definition) is 2. The number of nitrogens with one attached hydrogen (secondary N) is 1. The van der Waals surface area contributed by atoms with Crippen molar-refractivity contribution in [2.45, 2.75) is 12.8 Å². The molecule has 1 heterocycles. The summed E-state index contributed by atoms with van der Waals surface area (Å²) >= 11 is 0. The number of carbonyl (C=O) groups is 1. The molecule has 0 spiro atoms. The highest BCUT2D eigenvalue weighted by Crippen LogP contribution is 2.06. The van der Waals surface area contributed by atoms with Crippen LogP contribution in [0.15, 0.2) is 6.33 Å². The molecule has 7 heteroatoms. The van der Waals surface area contributed by atoms with Crippen molar-refractivity contribution in [3.63, 3.8) is 0 Å². The summed E-state index contributed by atoms with van der Waals surface area (Å²) in [6.07, 6.45) is 1.29. The van der Waals surface area contributed by atoms with Crippen LogP contribution in [0.5, 0.6) is 0 Å². The third kappa shape index (κ3) is 3.06. The molecule has 1 unspecified atom stereocenters. The second-order valence-electron chi connectivity index (χ2n) is 1.93. The molecular formula is C5H9Cl2N3O2. The zero-order chi connectivity index (χ0) is 7.56. The van der Waals surface area contributed by atoms with Gasteiger partial charge in [-0.1, -0.05) is 0 Å². The Balaban J connectivity index is 0. The van der Waals surface area contributed by atoms with Gasteiger partial charge in [0.2, 0.25) is 0 Å². The molecular weight excluding hydrogens is 205 g/mol. The smallest absolute Gasteiger partial charge is 0.313 e. The first kappa shape index (κ1) is 13.8. The van der Waals surface area contributed by atoms with Gasteiger partial charge in [0, 0.05) is 0 Å². The topological polar surface area (TPSA) is 78.9 Å². The van der Waals surface area contributed by atoms with Crippen LogP contribution in [0.2, 0.25) is 0 Å². The minimum atomic E-state index is -0.906. The van der Waals surface area contributed by atoms with E-state index in [4.69, 9.17) is 5.11 Å². The molecule has 1 aromatic rings. The van der Waals surface area contributed by atoms with Crippen molar-refractivity contribution in [2.24, 2.45) is 0 Å². The fourth-order valence-corrected chi connectivity index (χ4v) is 0.541. The van der Waals surface area contributed by atoms with Gasteiger partial charge in [-0.05, 0) is 6.92 Å². The average Bonchev–Trinajstić information content (AvgIpc) is 2.36. The number of rotatable bonds is 2. The van der Waals surface area contributed by atoms with Gasteiger partial charge >= 0.3 is 5.97 Å². The van der Waals surface area contributed by atoms with E-state index >= 15 is 0 Å². The molecule has 0 saturated carbocycles. The number of carboxylic acid groups (broad SMARTS) is 1. The van der Waals surface area contributed by atoms with Gasteiger partial charge in [0.15, 0.2) is 0 Å². The van der Waals surface area contributed by atoms with Crippen LogP contribution in [0.3, 0.4) is 0 Å². The quantitative estimate of drug-likeness (QED) is 0.764. The summed E-state index contributed by atoms with van der Waals surface area (Å²) < 4.78 is 0. The zero-order valence-corrected chi connectivity index (χ0v) is 7.85. The Morgan fingerprint density at radius 1 is 1.67 bits per heavy atom. The molecule has 0 aliphatic carbocycles.